The molecule has 1 fully saturated rings. The molecule has 1 amide bonds. The first-order valence-electron chi connectivity index (χ1n) is 6.90. The first-order valence-corrected chi connectivity index (χ1v) is 6.90. The third kappa shape index (κ3) is 4.01. The predicted molar refractivity (Wildman–Crippen MR) is 73.1 cm³/mol. The molecule has 0 saturated heterocycles. The molecule has 110 valence electrons. The summed E-state index contributed by atoms with van der Waals surface area (Å²) in [7, 11) is 0. The van der Waals surface area contributed by atoms with Gasteiger partial charge in [-0.1, -0.05) is 18.5 Å². The summed E-state index contributed by atoms with van der Waals surface area (Å²) in [5.41, 5.74) is 5.01. The number of oxime groups is 1. The fourth-order valence-electron chi connectivity index (χ4n) is 2.56. The zero-order valence-electron chi connectivity index (χ0n) is 12.0. The fraction of sp³-hybridized carbons (Fsp3) is 0.846. The Morgan fingerprint density at radius 3 is 2.53 bits per heavy atom. The van der Waals surface area contributed by atoms with Gasteiger partial charge in [-0.25, -0.2) is 4.79 Å². The number of carbonyl (C=O) groups is 1. The highest BCUT2D eigenvalue weighted by Crippen LogP contribution is 2.34. The molecule has 4 N–H and O–H groups in total. The smallest absolute Gasteiger partial charge is 0.408 e. The van der Waals surface area contributed by atoms with E-state index in [1.807, 2.05) is 0 Å². The van der Waals surface area contributed by atoms with Crippen LogP contribution in [0.3, 0.4) is 0 Å². The topological polar surface area (TPSA) is 96.9 Å². The van der Waals surface area contributed by atoms with Crippen molar-refractivity contribution in [2.24, 2.45) is 16.8 Å². The predicted octanol–water partition coefficient (Wildman–Crippen LogP) is 2.21. The Labute approximate surface area is 114 Å². The third-order valence-corrected chi connectivity index (χ3v) is 3.82. The van der Waals surface area contributed by atoms with Gasteiger partial charge >= 0.3 is 6.09 Å². The lowest BCUT2D eigenvalue weighted by Gasteiger charge is -2.39. The molecule has 6 heteroatoms. The summed E-state index contributed by atoms with van der Waals surface area (Å²) in [5.74, 6) is 0.699. The summed E-state index contributed by atoms with van der Waals surface area (Å²) in [4.78, 5) is 11.8. The minimum absolute atomic E-state index is 0.0581. The maximum Gasteiger partial charge on any atom is 0.408 e. The summed E-state index contributed by atoms with van der Waals surface area (Å²) in [6.45, 7) is 5.72. The van der Waals surface area contributed by atoms with E-state index in [0.29, 0.717) is 18.8 Å². The lowest BCUT2D eigenvalue weighted by molar-refractivity contribution is 0.103. The maximum atomic E-state index is 11.8. The van der Waals surface area contributed by atoms with Crippen LogP contribution in [0.25, 0.3) is 0 Å². The molecule has 0 spiro atoms. The number of nitrogens with two attached hydrogens (primary N) is 1. The quantitative estimate of drug-likeness (QED) is 0.316. The van der Waals surface area contributed by atoms with E-state index in [1.54, 1.807) is 13.8 Å². The average Bonchev–Trinajstić information content (AvgIpc) is 2.37. The number of amides is 1. The van der Waals surface area contributed by atoms with E-state index >= 15 is 0 Å². The molecule has 0 unspecified atom stereocenters. The highest BCUT2D eigenvalue weighted by atomic mass is 16.6. The van der Waals surface area contributed by atoms with Crippen molar-refractivity contribution in [3.05, 3.63) is 0 Å². The molecule has 19 heavy (non-hydrogen) atoms. The van der Waals surface area contributed by atoms with Crippen LogP contribution in [-0.4, -0.2) is 28.8 Å². The van der Waals surface area contributed by atoms with E-state index in [-0.39, 0.29) is 11.9 Å². The Morgan fingerprint density at radius 2 is 2.11 bits per heavy atom. The highest BCUT2D eigenvalue weighted by Gasteiger charge is 2.40. The van der Waals surface area contributed by atoms with Crippen molar-refractivity contribution in [1.82, 2.24) is 5.32 Å². The minimum atomic E-state index is -0.771. The second kappa shape index (κ2) is 6.63. The van der Waals surface area contributed by atoms with E-state index < -0.39 is 11.6 Å². The number of rotatable bonds is 4. The SMILES string of the molecule is CCC1CCC(NC(=O)OC(C)C)(C(N)=NO)CC1. The van der Waals surface area contributed by atoms with Gasteiger partial charge in [-0.2, -0.15) is 0 Å². The minimum Gasteiger partial charge on any atom is -0.447 e. The molecule has 0 heterocycles. The van der Waals surface area contributed by atoms with E-state index in [9.17, 15) is 4.79 Å². The molecule has 0 aromatic rings. The summed E-state index contributed by atoms with van der Waals surface area (Å²) in [5, 5.41) is 14.8. The Hall–Kier alpha value is -1.46. The molecule has 1 saturated carbocycles. The van der Waals surface area contributed by atoms with Crippen molar-refractivity contribution in [3.8, 4) is 0 Å². The number of hydrogen-bond donors (Lipinski definition) is 3. The molecule has 0 aliphatic heterocycles. The molecule has 0 bridgehead atoms. The summed E-state index contributed by atoms with van der Waals surface area (Å²) >= 11 is 0. The van der Waals surface area contributed by atoms with Crippen LogP contribution in [0.5, 0.6) is 0 Å². The molecular weight excluding hydrogens is 246 g/mol. The molecule has 0 aromatic heterocycles. The van der Waals surface area contributed by atoms with Crippen LogP contribution < -0.4 is 11.1 Å². The molecular formula is C13H25N3O3. The van der Waals surface area contributed by atoms with Gasteiger partial charge in [0.1, 0.15) is 5.54 Å². The van der Waals surface area contributed by atoms with Crippen molar-refractivity contribution in [3.63, 3.8) is 0 Å². The normalized spacial score (nSPS) is 28.2. The fourth-order valence-corrected chi connectivity index (χ4v) is 2.56. The Kier molecular flexibility index (Phi) is 5.44. The van der Waals surface area contributed by atoms with Gasteiger partial charge in [-0.05, 0) is 45.4 Å². The second-order valence-electron chi connectivity index (χ2n) is 5.50. The Bertz CT molecular complexity index is 334. The number of hydrogen-bond acceptors (Lipinski definition) is 4. The van der Waals surface area contributed by atoms with Crippen molar-refractivity contribution >= 4 is 11.9 Å². The number of alkyl carbamates (subject to hydrolysis) is 1. The van der Waals surface area contributed by atoms with E-state index in [2.05, 4.69) is 17.4 Å². The summed E-state index contributed by atoms with van der Waals surface area (Å²) < 4.78 is 5.08. The van der Waals surface area contributed by atoms with Gasteiger partial charge in [-0.15, -0.1) is 0 Å². The van der Waals surface area contributed by atoms with Crippen molar-refractivity contribution in [2.45, 2.75) is 64.5 Å². The van der Waals surface area contributed by atoms with Crippen LogP contribution in [0.15, 0.2) is 5.16 Å². The van der Waals surface area contributed by atoms with Gasteiger partial charge in [0, 0.05) is 0 Å². The van der Waals surface area contributed by atoms with Crippen molar-refractivity contribution in [1.29, 1.82) is 0 Å². The van der Waals surface area contributed by atoms with Gasteiger partial charge in [0.25, 0.3) is 0 Å². The standard InChI is InChI=1S/C13H25N3O3/c1-4-10-5-7-13(8-6-10,11(14)16-18)15-12(17)19-9(2)3/h9-10,18H,4-8H2,1-3H3,(H2,14,16)(H,15,17). The number of carbonyl (C=O) groups excluding carboxylic acids is 1. The second-order valence-corrected chi connectivity index (χ2v) is 5.50. The molecule has 0 atom stereocenters. The van der Waals surface area contributed by atoms with Gasteiger partial charge in [0.2, 0.25) is 0 Å². The molecule has 0 aromatic carbocycles. The number of nitrogens with one attached hydrogen (secondary N) is 1. The van der Waals surface area contributed by atoms with E-state index in [0.717, 1.165) is 19.3 Å². The van der Waals surface area contributed by atoms with Gasteiger partial charge in [0.05, 0.1) is 6.10 Å². The number of amidine groups is 1. The first kappa shape index (κ1) is 15.6. The highest BCUT2D eigenvalue weighted by molar-refractivity contribution is 5.92. The maximum absolute atomic E-state index is 11.8. The van der Waals surface area contributed by atoms with E-state index in [1.165, 1.54) is 0 Å². The first-order chi connectivity index (χ1) is 8.93. The Balaban J connectivity index is 2.76. The summed E-state index contributed by atoms with van der Waals surface area (Å²) in [6.07, 6.45) is 3.66. The van der Waals surface area contributed by atoms with Gasteiger partial charge < -0.3 is 21.0 Å². The molecule has 1 rings (SSSR count). The molecule has 6 nitrogen and oxygen atoms in total. The zero-order chi connectivity index (χ0) is 14.5. The molecule has 0 radical (unpaired) electrons. The van der Waals surface area contributed by atoms with Gasteiger partial charge in [-0.3, -0.25) is 0 Å². The monoisotopic (exact) mass is 271 g/mol. The number of nitrogens with zero attached hydrogens (tertiary/aromatic N) is 1. The summed E-state index contributed by atoms with van der Waals surface area (Å²) in [6, 6.07) is 0. The van der Waals surface area contributed by atoms with Crippen LogP contribution >= 0.6 is 0 Å². The lowest BCUT2D eigenvalue weighted by Crippen LogP contribution is -2.59. The Morgan fingerprint density at radius 1 is 1.53 bits per heavy atom. The van der Waals surface area contributed by atoms with E-state index in [4.69, 9.17) is 15.7 Å². The largest absolute Gasteiger partial charge is 0.447 e. The molecule has 1 aliphatic rings. The zero-order valence-corrected chi connectivity index (χ0v) is 12.0. The third-order valence-electron chi connectivity index (χ3n) is 3.82. The molecule has 1 aliphatic carbocycles. The van der Waals surface area contributed by atoms with Crippen LogP contribution in [0.1, 0.15) is 52.9 Å². The van der Waals surface area contributed by atoms with Crippen LogP contribution in [-0.2, 0) is 4.74 Å². The van der Waals surface area contributed by atoms with Crippen LogP contribution in [0.4, 0.5) is 4.79 Å². The lowest BCUT2D eigenvalue weighted by atomic mass is 9.75. The van der Waals surface area contributed by atoms with Gasteiger partial charge in [0.15, 0.2) is 5.84 Å². The number of ether oxygens (including phenoxy) is 1. The van der Waals surface area contributed by atoms with Crippen molar-refractivity contribution in [2.75, 3.05) is 0 Å². The van der Waals surface area contributed by atoms with Crippen LogP contribution in [0, 0.1) is 5.92 Å². The average molecular weight is 271 g/mol. The van der Waals surface area contributed by atoms with Crippen molar-refractivity contribution < 1.29 is 14.7 Å². The van der Waals surface area contributed by atoms with Crippen LogP contribution in [0.2, 0.25) is 0 Å².